The number of carbonyl (C=O) groups is 2. The molecule has 0 aliphatic carbocycles. The van der Waals surface area contributed by atoms with Crippen LogP contribution < -0.4 is 5.32 Å². The van der Waals surface area contributed by atoms with E-state index in [1.165, 1.54) is 11.3 Å². The summed E-state index contributed by atoms with van der Waals surface area (Å²) >= 11 is 1.53. The van der Waals surface area contributed by atoms with Crippen molar-refractivity contribution in [2.45, 2.75) is 32.6 Å². The summed E-state index contributed by atoms with van der Waals surface area (Å²) in [6.45, 7) is 3.96. The molecule has 23 heavy (non-hydrogen) atoms. The number of carbonyl (C=O) groups excluding carboxylic acids is 2. The van der Waals surface area contributed by atoms with Crippen LogP contribution in [0.25, 0.3) is 0 Å². The molecule has 0 unspecified atom stereocenters. The smallest absolute Gasteiger partial charge is 0.310 e. The predicted octanol–water partition coefficient (Wildman–Crippen LogP) is 3.99. The summed E-state index contributed by atoms with van der Waals surface area (Å²) in [4.78, 5) is 23.7. The van der Waals surface area contributed by atoms with Crippen LogP contribution in [0.2, 0.25) is 0 Å². The number of hydrogen-bond donors (Lipinski definition) is 1. The Morgan fingerprint density at radius 3 is 2.74 bits per heavy atom. The molecule has 0 fully saturated rings. The minimum absolute atomic E-state index is 0.195. The third kappa shape index (κ3) is 5.21. The lowest BCUT2D eigenvalue weighted by Gasteiger charge is -2.15. The number of benzene rings is 1. The van der Waals surface area contributed by atoms with Crippen molar-refractivity contribution in [1.82, 2.24) is 0 Å². The summed E-state index contributed by atoms with van der Waals surface area (Å²) in [5, 5.41) is 6.62. The highest BCUT2D eigenvalue weighted by Crippen LogP contribution is 2.26. The van der Waals surface area contributed by atoms with Gasteiger partial charge in [0.25, 0.3) is 5.91 Å². The van der Waals surface area contributed by atoms with Gasteiger partial charge in [-0.05, 0) is 46.4 Å². The number of amides is 1. The van der Waals surface area contributed by atoms with Crippen LogP contribution in [-0.2, 0) is 20.7 Å². The molecule has 2 aromatic rings. The lowest BCUT2D eigenvalue weighted by atomic mass is 9.97. The molecule has 1 heterocycles. The maximum Gasteiger partial charge on any atom is 0.310 e. The van der Waals surface area contributed by atoms with Gasteiger partial charge in [-0.15, -0.1) is 0 Å². The number of thiophene rings is 1. The van der Waals surface area contributed by atoms with Crippen LogP contribution in [0.15, 0.2) is 41.1 Å². The molecule has 0 saturated carbocycles. The SMILES string of the molecule is CC[C@H](C)c1ccccc1NC(=O)COC(=O)Cc1ccsc1. The second kappa shape index (κ2) is 8.48. The van der Waals surface area contributed by atoms with E-state index in [1.54, 1.807) is 0 Å². The zero-order valence-electron chi connectivity index (χ0n) is 13.4. The largest absolute Gasteiger partial charge is 0.455 e. The number of rotatable bonds is 7. The fourth-order valence-corrected chi connectivity index (χ4v) is 2.87. The maximum atomic E-state index is 12.0. The van der Waals surface area contributed by atoms with E-state index in [2.05, 4.69) is 19.2 Å². The van der Waals surface area contributed by atoms with E-state index in [4.69, 9.17) is 4.74 Å². The van der Waals surface area contributed by atoms with Gasteiger partial charge in [0.2, 0.25) is 0 Å². The lowest BCUT2D eigenvalue weighted by Crippen LogP contribution is -2.22. The van der Waals surface area contributed by atoms with Crippen LogP contribution in [0, 0.1) is 0 Å². The fraction of sp³-hybridized carbons (Fsp3) is 0.333. The van der Waals surface area contributed by atoms with E-state index in [1.807, 2.05) is 41.1 Å². The molecule has 0 aliphatic heterocycles. The van der Waals surface area contributed by atoms with E-state index >= 15 is 0 Å². The minimum atomic E-state index is -0.395. The molecule has 0 bridgehead atoms. The van der Waals surface area contributed by atoms with Gasteiger partial charge in [-0.2, -0.15) is 11.3 Å². The number of ether oxygens (including phenoxy) is 1. The highest BCUT2D eigenvalue weighted by Gasteiger charge is 2.13. The van der Waals surface area contributed by atoms with Gasteiger partial charge in [0.15, 0.2) is 6.61 Å². The molecule has 0 saturated heterocycles. The van der Waals surface area contributed by atoms with Crippen molar-refractivity contribution in [3.63, 3.8) is 0 Å². The first-order valence-corrected chi connectivity index (χ1v) is 8.60. The first-order valence-electron chi connectivity index (χ1n) is 7.65. The molecular formula is C18H21NO3S. The molecule has 1 aromatic heterocycles. The summed E-state index contributed by atoms with van der Waals surface area (Å²) in [6.07, 6.45) is 1.18. The van der Waals surface area contributed by atoms with Crippen LogP contribution >= 0.6 is 11.3 Å². The van der Waals surface area contributed by atoms with Gasteiger partial charge in [-0.25, -0.2) is 0 Å². The summed E-state index contributed by atoms with van der Waals surface area (Å²) in [6, 6.07) is 9.58. The molecule has 1 aromatic carbocycles. The number of nitrogens with one attached hydrogen (secondary N) is 1. The third-order valence-electron chi connectivity index (χ3n) is 3.67. The summed E-state index contributed by atoms with van der Waals surface area (Å²) < 4.78 is 5.03. The van der Waals surface area contributed by atoms with E-state index in [9.17, 15) is 9.59 Å². The average molecular weight is 331 g/mol. The van der Waals surface area contributed by atoms with Crippen LogP contribution in [-0.4, -0.2) is 18.5 Å². The van der Waals surface area contributed by atoms with Crippen LogP contribution in [0.4, 0.5) is 5.69 Å². The monoisotopic (exact) mass is 331 g/mol. The van der Waals surface area contributed by atoms with Gasteiger partial charge in [0, 0.05) is 5.69 Å². The molecule has 1 amide bonds. The van der Waals surface area contributed by atoms with Crippen molar-refractivity contribution < 1.29 is 14.3 Å². The van der Waals surface area contributed by atoms with Crippen LogP contribution in [0.3, 0.4) is 0 Å². The number of hydrogen-bond acceptors (Lipinski definition) is 4. The molecule has 0 aliphatic rings. The first-order chi connectivity index (χ1) is 11.1. The van der Waals surface area contributed by atoms with Crippen molar-refractivity contribution in [2.24, 2.45) is 0 Å². The normalized spacial score (nSPS) is 11.7. The molecule has 122 valence electrons. The Kier molecular flexibility index (Phi) is 6.35. The average Bonchev–Trinajstić information content (AvgIpc) is 3.05. The van der Waals surface area contributed by atoms with E-state index in [-0.39, 0.29) is 18.9 Å². The van der Waals surface area contributed by atoms with Gasteiger partial charge in [0.1, 0.15) is 0 Å². The van der Waals surface area contributed by atoms with Crippen LogP contribution in [0.1, 0.15) is 37.3 Å². The van der Waals surface area contributed by atoms with Gasteiger partial charge in [-0.1, -0.05) is 32.0 Å². The quantitative estimate of drug-likeness (QED) is 0.781. The van der Waals surface area contributed by atoms with Crippen molar-refractivity contribution in [1.29, 1.82) is 0 Å². The Morgan fingerprint density at radius 1 is 1.26 bits per heavy atom. The standard InChI is InChI=1S/C18H21NO3S/c1-3-13(2)15-6-4-5-7-16(15)19-17(20)11-22-18(21)10-14-8-9-23-12-14/h4-9,12-13H,3,10-11H2,1-2H3,(H,19,20)/t13-/m0/s1. The fourth-order valence-electron chi connectivity index (χ4n) is 2.20. The molecule has 2 rings (SSSR count). The molecule has 0 radical (unpaired) electrons. The summed E-state index contributed by atoms with van der Waals surface area (Å²) in [5.74, 6) is -0.360. The Balaban J connectivity index is 1.86. The number of para-hydroxylation sites is 1. The topological polar surface area (TPSA) is 55.4 Å². The van der Waals surface area contributed by atoms with Gasteiger partial charge < -0.3 is 10.1 Å². The lowest BCUT2D eigenvalue weighted by molar-refractivity contribution is -0.146. The molecular weight excluding hydrogens is 310 g/mol. The molecule has 5 heteroatoms. The number of anilines is 1. The van der Waals surface area contributed by atoms with E-state index in [0.717, 1.165) is 23.2 Å². The van der Waals surface area contributed by atoms with E-state index in [0.29, 0.717) is 5.92 Å². The third-order valence-corrected chi connectivity index (χ3v) is 4.40. The second-order valence-corrected chi connectivity index (χ2v) is 6.19. The van der Waals surface area contributed by atoms with Crippen molar-refractivity contribution in [3.8, 4) is 0 Å². The predicted molar refractivity (Wildman–Crippen MR) is 92.8 cm³/mol. The molecule has 1 N–H and O–H groups in total. The first kappa shape index (κ1) is 17.2. The Bertz CT molecular complexity index is 652. The van der Waals surface area contributed by atoms with Crippen molar-refractivity contribution in [2.75, 3.05) is 11.9 Å². The maximum absolute atomic E-state index is 12.0. The molecule has 1 atom stereocenters. The van der Waals surface area contributed by atoms with Gasteiger partial charge >= 0.3 is 5.97 Å². The highest BCUT2D eigenvalue weighted by molar-refractivity contribution is 7.07. The molecule has 4 nitrogen and oxygen atoms in total. The minimum Gasteiger partial charge on any atom is -0.455 e. The van der Waals surface area contributed by atoms with E-state index < -0.39 is 5.97 Å². The highest BCUT2D eigenvalue weighted by atomic mass is 32.1. The Hall–Kier alpha value is -2.14. The number of esters is 1. The summed E-state index contributed by atoms with van der Waals surface area (Å²) in [7, 11) is 0. The van der Waals surface area contributed by atoms with Crippen molar-refractivity contribution >= 4 is 28.9 Å². The Morgan fingerprint density at radius 2 is 2.04 bits per heavy atom. The summed E-state index contributed by atoms with van der Waals surface area (Å²) in [5.41, 5.74) is 2.77. The van der Waals surface area contributed by atoms with Gasteiger partial charge in [-0.3, -0.25) is 9.59 Å². The zero-order valence-corrected chi connectivity index (χ0v) is 14.2. The zero-order chi connectivity index (χ0) is 16.7. The van der Waals surface area contributed by atoms with Crippen molar-refractivity contribution in [3.05, 3.63) is 52.2 Å². The second-order valence-electron chi connectivity index (χ2n) is 5.41. The molecule has 0 spiro atoms. The van der Waals surface area contributed by atoms with Gasteiger partial charge in [0.05, 0.1) is 6.42 Å². The van der Waals surface area contributed by atoms with Crippen LogP contribution in [0.5, 0.6) is 0 Å². The Labute approximate surface area is 140 Å².